The van der Waals surface area contributed by atoms with Crippen molar-refractivity contribution >= 4 is 78.0 Å². The third-order valence-corrected chi connectivity index (χ3v) is 18.7. The summed E-state index contributed by atoms with van der Waals surface area (Å²) in [5.74, 6) is -0.968. The van der Waals surface area contributed by atoms with Crippen LogP contribution in [0, 0.1) is 5.41 Å². The number of anilines is 2. The number of thioether (sulfide) groups is 1. The van der Waals surface area contributed by atoms with Crippen molar-refractivity contribution in [1.29, 1.82) is 0 Å². The fourth-order valence-corrected chi connectivity index (χ4v) is 13.1. The van der Waals surface area contributed by atoms with E-state index in [1.807, 2.05) is 47.2 Å². The molecule has 2 saturated heterocycles. The third-order valence-electron chi connectivity index (χ3n) is 14.4. The third kappa shape index (κ3) is 16.7. The molecule has 21 heteroatoms. The Bertz CT molecular complexity index is 2910. The molecule has 1 atom stereocenters. The van der Waals surface area contributed by atoms with Crippen molar-refractivity contribution < 1.29 is 49.1 Å². The van der Waals surface area contributed by atoms with Crippen molar-refractivity contribution in [3.63, 3.8) is 0 Å². The van der Waals surface area contributed by atoms with Crippen LogP contribution in [0.15, 0.2) is 117 Å². The van der Waals surface area contributed by atoms with Gasteiger partial charge in [-0.25, -0.2) is 21.6 Å². The van der Waals surface area contributed by atoms with Gasteiger partial charge in [0.25, 0.3) is 25.8 Å². The predicted molar refractivity (Wildman–Crippen MR) is 297 cm³/mol. The van der Waals surface area contributed by atoms with Crippen LogP contribution in [-0.2, 0) is 34.2 Å². The van der Waals surface area contributed by atoms with Crippen molar-refractivity contribution in [3.8, 4) is 0 Å². The lowest BCUT2D eigenvalue weighted by molar-refractivity contribution is -0.143. The molecule has 77 heavy (non-hydrogen) atoms. The predicted octanol–water partition coefficient (Wildman–Crippen LogP) is 10.2. The van der Waals surface area contributed by atoms with Gasteiger partial charge in [0.15, 0.2) is 0 Å². The van der Waals surface area contributed by atoms with Gasteiger partial charge in [-0.3, -0.25) is 24.2 Å². The van der Waals surface area contributed by atoms with Gasteiger partial charge in [0.05, 0.1) is 17.2 Å². The molecule has 2 aliphatic heterocycles. The molecule has 418 valence electrons. The Morgan fingerprint density at radius 1 is 0.805 bits per heavy atom. The lowest BCUT2D eigenvalue weighted by Crippen LogP contribution is -2.49. The number of carbonyl (C=O) groups is 3. The first-order chi connectivity index (χ1) is 36.6. The number of amides is 2. The van der Waals surface area contributed by atoms with E-state index in [4.69, 9.17) is 16.3 Å². The van der Waals surface area contributed by atoms with E-state index in [0.717, 1.165) is 81.1 Å². The molecule has 7 rings (SSSR count). The standard InChI is InChI=1S/C56H70ClF3N6O8S3/c1-4-74-53(68)14-10-6-9-13-52(67)66-35-29-63(30-36-66)28-26-45(40-75-47-11-7-5-8-12-47)61-50-24-23-48(37-51(50)76(70,71)56(58,59)60)77(72,73)62-54(69)42-17-21-46(22-18-42)65-33-31-64(32-34-65)39-43-38-55(2,3)27-25-49(43)41-15-19-44(57)20-16-41/h5,7-8,11-12,15-24,37,45,61H,4,6,9-10,13-14,25-36,38-40H2,1-3H3,(H,62,69)/t45-/m1/s1. The Morgan fingerprint density at radius 3 is 2.13 bits per heavy atom. The molecule has 3 aliphatic rings. The highest BCUT2D eigenvalue weighted by molar-refractivity contribution is 7.99. The molecule has 0 saturated carbocycles. The minimum absolute atomic E-state index is 0.0230. The van der Waals surface area contributed by atoms with E-state index < -0.39 is 52.8 Å². The lowest BCUT2D eigenvalue weighted by Gasteiger charge is -2.39. The van der Waals surface area contributed by atoms with Crippen LogP contribution in [-0.4, -0.2) is 139 Å². The molecule has 4 aromatic rings. The molecule has 4 aromatic carbocycles. The average Bonchev–Trinajstić information content (AvgIpc) is 3.45. The van der Waals surface area contributed by atoms with E-state index in [1.54, 1.807) is 24.0 Å². The molecule has 0 bridgehead atoms. The molecule has 14 nitrogen and oxygen atoms in total. The van der Waals surface area contributed by atoms with Gasteiger partial charge < -0.3 is 19.9 Å². The number of carbonyl (C=O) groups excluding carboxylic acids is 3. The Balaban J connectivity index is 0.977. The number of ether oxygens (including phenoxy) is 1. The van der Waals surface area contributed by atoms with Gasteiger partial charge >= 0.3 is 11.5 Å². The fourth-order valence-electron chi connectivity index (χ4n) is 10.0. The highest BCUT2D eigenvalue weighted by Gasteiger charge is 2.48. The summed E-state index contributed by atoms with van der Waals surface area (Å²) in [7, 11) is -11.0. The number of unbranched alkanes of at least 4 members (excludes halogenated alkanes) is 2. The van der Waals surface area contributed by atoms with Crippen molar-refractivity contribution in [3.05, 3.63) is 119 Å². The zero-order valence-corrected chi connectivity index (χ0v) is 47.2. The van der Waals surface area contributed by atoms with Crippen molar-refractivity contribution in [2.75, 3.05) is 88.0 Å². The van der Waals surface area contributed by atoms with Crippen LogP contribution in [0.1, 0.15) is 94.5 Å². The monoisotopic (exact) mass is 1140 g/mol. The molecule has 2 fully saturated rings. The van der Waals surface area contributed by atoms with Crippen molar-refractivity contribution in [1.82, 2.24) is 19.4 Å². The number of allylic oxidation sites excluding steroid dienone is 1. The lowest BCUT2D eigenvalue weighted by atomic mass is 9.73. The summed E-state index contributed by atoms with van der Waals surface area (Å²) in [5.41, 5.74) is -1.19. The van der Waals surface area contributed by atoms with Crippen LogP contribution < -0.4 is 14.9 Å². The minimum Gasteiger partial charge on any atom is -0.466 e. The molecule has 0 unspecified atom stereocenters. The first-order valence-electron chi connectivity index (χ1n) is 26.3. The van der Waals surface area contributed by atoms with Gasteiger partial charge in [-0.1, -0.05) is 67.8 Å². The van der Waals surface area contributed by atoms with Gasteiger partial charge in [0.2, 0.25) is 5.91 Å². The number of nitrogens with one attached hydrogen (secondary N) is 2. The minimum atomic E-state index is -6.13. The molecule has 2 heterocycles. The zero-order valence-electron chi connectivity index (χ0n) is 44.0. The van der Waals surface area contributed by atoms with Crippen LogP contribution in [0.2, 0.25) is 5.02 Å². The second kappa shape index (κ2) is 26.7. The molecule has 0 aromatic heterocycles. The van der Waals surface area contributed by atoms with Gasteiger partial charge in [-0.15, -0.1) is 11.8 Å². The number of esters is 1. The van der Waals surface area contributed by atoms with Gasteiger partial charge in [0, 0.05) is 111 Å². The molecule has 0 radical (unpaired) electrons. The van der Waals surface area contributed by atoms with E-state index in [-0.39, 0.29) is 22.9 Å². The number of hydrogen-bond acceptors (Lipinski definition) is 13. The van der Waals surface area contributed by atoms with Gasteiger partial charge in [-0.2, -0.15) is 13.2 Å². The second-order valence-corrected chi connectivity index (χ2v) is 25.7. The fraction of sp³-hybridized carbons (Fsp3) is 0.482. The van der Waals surface area contributed by atoms with Gasteiger partial charge in [0.1, 0.15) is 4.90 Å². The Morgan fingerprint density at radius 2 is 1.47 bits per heavy atom. The maximum Gasteiger partial charge on any atom is 0.501 e. The van der Waals surface area contributed by atoms with Crippen LogP contribution in [0.4, 0.5) is 24.5 Å². The van der Waals surface area contributed by atoms with E-state index in [2.05, 4.69) is 46.0 Å². The molecular weight excluding hydrogens is 1070 g/mol. The molecule has 2 amide bonds. The van der Waals surface area contributed by atoms with E-state index in [0.29, 0.717) is 88.3 Å². The first-order valence-corrected chi connectivity index (χ1v) is 30.6. The number of piperazine rings is 2. The molecular formula is C56H70ClF3N6O8S3. The molecule has 0 spiro atoms. The Kier molecular flexibility index (Phi) is 20.6. The quantitative estimate of drug-likeness (QED) is 0.0410. The molecule has 1 aliphatic carbocycles. The number of sulfone groups is 1. The van der Waals surface area contributed by atoms with E-state index in [1.165, 1.54) is 40.6 Å². The topological polar surface area (TPSA) is 166 Å². The summed E-state index contributed by atoms with van der Waals surface area (Å²) in [6.45, 7) is 13.1. The number of halogens is 4. The summed E-state index contributed by atoms with van der Waals surface area (Å²) < 4.78 is 104. The van der Waals surface area contributed by atoms with Crippen LogP contribution in [0.3, 0.4) is 0 Å². The summed E-state index contributed by atoms with van der Waals surface area (Å²) in [6.07, 6.45) is 6.17. The summed E-state index contributed by atoms with van der Waals surface area (Å²) in [4.78, 5) is 45.3. The smallest absolute Gasteiger partial charge is 0.466 e. The van der Waals surface area contributed by atoms with E-state index >= 15 is 0 Å². The molecule has 2 N–H and O–H groups in total. The number of sulfonamides is 1. The normalized spacial score (nSPS) is 17.2. The zero-order chi connectivity index (χ0) is 55.4. The largest absolute Gasteiger partial charge is 0.501 e. The Hall–Kier alpha value is -5.12. The number of benzene rings is 4. The average molecular weight is 1140 g/mol. The second-order valence-electron chi connectivity index (χ2n) is 20.6. The van der Waals surface area contributed by atoms with Crippen molar-refractivity contribution in [2.45, 2.75) is 105 Å². The SMILES string of the molecule is CCOC(=O)CCCCCC(=O)N1CCN(CC[C@H](CSc2ccccc2)Nc2ccc(S(=O)(=O)NC(=O)c3ccc(N4CCN(CC5=C(c6ccc(Cl)cc6)CCC(C)(C)C5)CC4)cc3)cc2S(=O)(=O)C(F)(F)F)CC1. The van der Waals surface area contributed by atoms with Gasteiger partial charge in [-0.05, 0) is 129 Å². The van der Waals surface area contributed by atoms with Crippen LogP contribution in [0.25, 0.3) is 5.57 Å². The first kappa shape index (κ1) is 59.5. The number of hydrogen-bond donors (Lipinski definition) is 2. The van der Waals surface area contributed by atoms with Crippen LogP contribution in [0.5, 0.6) is 0 Å². The highest BCUT2D eigenvalue weighted by atomic mass is 35.5. The summed E-state index contributed by atoms with van der Waals surface area (Å²) in [6, 6.07) is 25.5. The van der Waals surface area contributed by atoms with Crippen LogP contribution >= 0.6 is 23.4 Å². The summed E-state index contributed by atoms with van der Waals surface area (Å²) >= 11 is 7.62. The summed E-state index contributed by atoms with van der Waals surface area (Å²) in [5, 5.41) is 3.71. The maximum absolute atomic E-state index is 14.4. The van der Waals surface area contributed by atoms with Crippen molar-refractivity contribution in [2.24, 2.45) is 5.41 Å². The number of alkyl halides is 3. The maximum atomic E-state index is 14.4. The highest BCUT2D eigenvalue weighted by Crippen LogP contribution is 2.43. The van der Waals surface area contributed by atoms with E-state index in [9.17, 15) is 44.4 Å². The number of nitrogens with zero attached hydrogens (tertiary/aromatic N) is 4. The Labute approximate surface area is 461 Å². The number of rotatable bonds is 23.